The van der Waals surface area contributed by atoms with Gasteiger partial charge in [-0.3, -0.25) is 14.5 Å². The third kappa shape index (κ3) is 6.22. The maximum Gasteiger partial charge on any atom is 0.241 e. The summed E-state index contributed by atoms with van der Waals surface area (Å²) in [6, 6.07) is 4.41. The van der Waals surface area contributed by atoms with Gasteiger partial charge in [-0.1, -0.05) is 23.2 Å². The molecule has 0 saturated carbocycles. The fourth-order valence-electron chi connectivity index (χ4n) is 1.80. The summed E-state index contributed by atoms with van der Waals surface area (Å²) in [5.74, 6) is -0.360. The molecule has 0 bridgehead atoms. The van der Waals surface area contributed by atoms with Crippen LogP contribution in [0.2, 0.25) is 10.0 Å². The molecule has 1 aromatic rings. The summed E-state index contributed by atoms with van der Waals surface area (Å²) in [7, 11) is 1.72. The van der Waals surface area contributed by atoms with Crippen molar-refractivity contribution in [3.05, 3.63) is 28.2 Å². The highest BCUT2D eigenvalue weighted by molar-refractivity contribution is 6.35. The number of hydrogen-bond donors (Lipinski definition) is 2. The van der Waals surface area contributed by atoms with Crippen molar-refractivity contribution in [3.8, 4) is 0 Å². The van der Waals surface area contributed by atoms with Crippen LogP contribution in [0, 0.1) is 0 Å². The Hall–Kier alpha value is -1.30. The minimum atomic E-state index is -0.476. The molecule has 0 heterocycles. The van der Waals surface area contributed by atoms with Gasteiger partial charge in [0, 0.05) is 21.8 Å². The monoisotopic (exact) mass is 345 g/mol. The van der Waals surface area contributed by atoms with E-state index in [1.807, 2.05) is 13.8 Å². The van der Waals surface area contributed by atoms with Crippen LogP contribution in [0.1, 0.15) is 20.8 Å². The second-order valence-electron chi connectivity index (χ2n) is 5.46. The highest BCUT2D eigenvalue weighted by Gasteiger charge is 2.20. The van der Waals surface area contributed by atoms with Crippen molar-refractivity contribution in [2.75, 3.05) is 18.9 Å². The summed E-state index contributed by atoms with van der Waals surface area (Å²) in [6.45, 7) is 5.64. The van der Waals surface area contributed by atoms with Crippen LogP contribution in [0.4, 0.5) is 5.69 Å². The molecule has 7 heteroatoms. The lowest BCUT2D eigenvalue weighted by Crippen LogP contribution is -2.45. The standard InChI is InChI=1S/C15H21Cl2N3O2/c1-9(2)18-14(21)8-20(4)10(3)15(22)19-13-6-11(16)5-12(17)7-13/h5-7,9-10H,8H2,1-4H3,(H,18,21)(H,19,22). The van der Waals surface area contributed by atoms with Crippen LogP contribution in [0.5, 0.6) is 0 Å². The van der Waals surface area contributed by atoms with Crippen LogP contribution in [0.3, 0.4) is 0 Å². The maximum atomic E-state index is 12.2. The molecule has 1 aromatic carbocycles. The SMILES string of the molecule is CC(C)NC(=O)CN(C)C(C)C(=O)Nc1cc(Cl)cc(Cl)c1. The largest absolute Gasteiger partial charge is 0.353 e. The third-order valence-corrected chi connectivity index (χ3v) is 3.45. The minimum Gasteiger partial charge on any atom is -0.353 e. The number of likely N-dealkylation sites (N-methyl/N-ethyl adjacent to an activating group) is 1. The van der Waals surface area contributed by atoms with Gasteiger partial charge in [0.05, 0.1) is 12.6 Å². The predicted molar refractivity (Wildman–Crippen MR) is 90.5 cm³/mol. The Morgan fingerprint density at radius 3 is 2.18 bits per heavy atom. The molecule has 0 saturated heterocycles. The summed E-state index contributed by atoms with van der Waals surface area (Å²) in [4.78, 5) is 25.6. The van der Waals surface area contributed by atoms with Crippen LogP contribution in [0.15, 0.2) is 18.2 Å². The summed E-state index contributed by atoms with van der Waals surface area (Å²) in [6.07, 6.45) is 0. The van der Waals surface area contributed by atoms with Crippen molar-refractivity contribution >= 4 is 40.7 Å². The first-order chi connectivity index (χ1) is 10.2. The number of carbonyl (C=O) groups excluding carboxylic acids is 2. The molecular weight excluding hydrogens is 325 g/mol. The van der Waals surface area contributed by atoms with Gasteiger partial charge in [-0.05, 0) is 46.0 Å². The Bertz CT molecular complexity index is 529. The van der Waals surface area contributed by atoms with E-state index in [1.54, 1.807) is 37.1 Å². The Labute approximate surface area is 141 Å². The van der Waals surface area contributed by atoms with Crippen LogP contribution in [0.25, 0.3) is 0 Å². The number of benzene rings is 1. The van der Waals surface area contributed by atoms with E-state index >= 15 is 0 Å². The predicted octanol–water partition coefficient (Wildman–Crippen LogP) is 2.78. The quantitative estimate of drug-likeness (QED) is 0.833. The van der Waals surface area contributed by atoms with Crippen molar-refractivity contribution in [3.63, 3.8) is 0 Å². The number of nitrogens with one attached hydrogen (secondary N) is 2. The molecule has 0 spiro atoms. The molecule has 1 atom stereocenters. The molecule has 0 aliphatic heterocycles. The lowest BCUT2D eigenvalue weighted by Gasteiger charge is -2.23. The van der Waals surface area contributed by atoms with E-state index in [0.717, 1.165) is 0 Å². The average Bonchev–Trinajstić information content (AvgIpc) is 2.35. The number of hydrogen-bond acceptors (Lipinski definition) is 3. The third-order valence-electron chi connectivity index (χ3n) is 3.01. The van der Waals surface area contributed by atoms with Crippen molar-refractivity contribution in [1.82, 2.24) is 10.2 Å². The zero-order chi connectivity index (χ0) is 16.9. The normalized spacial score (nSPS) is 12.4. The second-order valence-corrected chi connectivity index (χ2v) is 6.33. The summed E-state index contributed by atoms with van der Waals surface area (Å²) in [5.41, 5.74) is 0.523. The van der Waals surface area contributed by atoms with Crippen LogP contribution >= 0.6 is 23.2 Å². The number of nitrogens with zero attached hydrogens (tertiary/aromatic N) is 1. The first-order valence-electron chi connectivity index (χ1n) is 6.95. The van der Waals surface area contributed by atoms with Gasteiger partial charge in [0.25, 0.3) is 0 Å². The zero-order valence-corrected chi connectivity index (χ0v) is 14.6. The fraction of sp³-hybridized carbons (Fsp3) is 0.467. The molecule has 22 heavy (non-hydrogen) atoms. The Morgan fingerprint density at radius 2 is 1.68 bits per heavy atom. The van der Waals surface area contributed by atoms with E-state index in [4.69, 9.17) is 23.2 Å². The summed E-state index contributed by atoms with van der Waals surface area (Å²) in [5, 5.41) is 6.41. The van der Waals surface area contributed by atoms with E-state index in [0.29, 0.717) is 15.7 Å². The molecule has 1 rings (SSSR count). The lowest BCUT2D eigenvalue weighted by atomic mass is 10.2. The molecule has 2 amide bonds. The topological polar surface area (TPSA) is 61.4 Å². The molecule has 122 valence electrons. The Kier molecular flexibility index (Phi) is 7.13. The Morgan fingerprint density at radius 1 is 1.14 bits per heavy atom. The van der Waals surface area contributed by atoms with Crippen molar-refractivity contribution < 1.29 is 9.59 Å². The van der Waals surface area contributed by atoms with Crippen LogP contribution in [-0.4, -0.2) is 42.4 Å². The molecule has 0 aromatic heterocycles. The van der Waals surface area contributed by atoms with Gasteiger partial charge in [-0.2, -0.15) is 0 Å². The van der Waals surface area contributed by atoms with E-state index in [-0.39, 0.29) is 24.4 Å². The number of amides is 2. The van der Waals surface area contributed by atoms with E-state index in [2.05, 4.69) is 10.6 Å². The Balaban J connectivity index is 2.62. The number of rotatable bonds is 6. The maximum absolute atomic E-state index is 12.2. The van der Waals surface area contributed by atoms with E-state index < -0.39 is 6.04 Å². The first kappa shape index (κ1) is 18.7. The molecule has 0 fully saturated rings. The molecule has 0 aliphatic carbocycles. The van der Waals surface area contributed by atoms with Gasteiger partial charge in [-0.25, -0.2) is 0 Å². The van der Waals surface area contributed by atoms with Gasteiger partial charge in [-0.15, -0.1) is 0 Å². The highest BCUT2D eigenvalue weighted by atomic mass is 35.5. The number of anilines is 1. The first-order valence-corrected chi connectivity index (χ1v) is 7.71. The fourth-order valence-corrected chi connectivity index (χ4v) is 2.33. The zero-order valence-electron chi connectivity index (χ0n) is 13.1. The van der Waals surface area contributed by atoms with E-state index in [9.17, 15) is 9.59 Å². The summed E-state index contributed by atoms with van der Waals surface area (Å²) >= 11 is 11.8. The molecule has 0 aliphatic rings. The summed E-state index contributed by atoms with van der Waals surface area (Å²) < 4.78 is 0. The van der Waals surface area contributed by atoms with Gasteiger partial charge >= 0.3 is 0 Å². The van der Waals surface area contributed by atoms with Gasteiger partial charge in [0.15, 0.2) is 0 Å². The molecule has 0 radical (unpaired) electrons. The average molecular weight is 346 g/mol. The van der Waals surface area contributed by atoms with Gasteiger partial charge < -0.3 is 10.6 Å². The lowest BCUT2D eigenvalue weighted by molar-refractivity contribution is -0.125. The van der Waals surface area contributed by atoms with Crippen LogP contribution < -0.4 is 10.6 Å². The second kappa shape index (κ2) is 8.36. The minimum absolute atomic E-state index is 0.0682. The van der Waals surface area contributed by atoms with Gasteiger partial charge in [0.1, 0.15) is 0 Å². The molecular formula is C15H21Cl2N3O2. The van der Waals surface area contributed by atoms with E-state index in [1.165, 1.54) is 0 Å². The van der Waals surface area contributed by atoms with Crippen molar-refractivity contribution in [2.45, 2.75) is 32.9 Å². The smallest absolute Gasteiger partial charge is 0.241 e. The van der Waals surface area contributed by atoms with Crippen molar-refractivity contribution in [2.24, 2.45) is 0 Å². The molecule has 1 unspecified atom stereocenters. The van der Waals surface area contributed by atoms with Gasteiger partial charge in [0.2, 0.25) is 11.8 Å². The van der Waals surface area contributed by atoms with Crippen LogP contribution in [-0.2, 0) is 9.59 Å². The molecule has 2 N–H and O–H groups in total. The van der Waals surface area contributed by atoms with Crippen molar-refractivity contribution in [1.29, 1.82) is 0 Å². The number of halogens is 2. The molecule has 5 nitrogen and oxygen atoms in total. The number of carbonyl (C=O) groups is 2. The highest BCUT2D eigenvalue weighted by Crippen LogP contribution is 2.22.